The normalized spacial score (nSPS) is 29.0. The van der Waals surface area contributed by atoms with Gasteiger partial charge in [-0.2, -0.15) is 0 Å². The maximum atomic E-state index is 12.1. The minimum absolute atomic E-state index is 0.0225. The molecule has 2 fully saturated rings. The number of nitrogens with zero attached hydrogens (tertiary/aromatic N) is 3. The summed E-state index contributed by atoms with van der Waals surface area (Å²) in [7, 11) is 0. The first kappa shape index (κ1) is 14.3. The number of thiazole rings is 1. The van der Waals surface area contributed by atoms with E-state index in [9.17, 15) is 9.90 Å². The Labute approximate surface area is 132 Å². The van der Waals surface area contributed by atoms with Crippen LogP contribution in [0.3, 0.4) is 0 Å². The number of hydrogen-bond acceptors (Lipinski definition) is 6. The number of rotatable bonds is 3. The van der Waals surface area contributed by atoms with Crippen molar-refractivity contribution in [3.05, 3.63) is 33.7 Å². The van der Waals surface area contributed by atoms with Crippen molar-refractivity contribution in [2.45, 2.75) is 31.5 Å². The number of ether oxygens (including phenoxy) is 1. The molecule has 7 heteroatoms. The molecule has 0 aromatic carbocycles. The third-order valence-electron chi connectivity index (χ3n) is 4.73. The quantitative estimate of drug-likeness (QED) is 0.903. The molecule has 2 aromatic rings. The van der Waals surface area contributed by atoms with Gasteiger partial charge in [-0.3, -0.25) is 14.1 Å². The molecule has 1 N–H and O–H groups in total. The van der Waals surface area contributed by atoms with Crippen LogP contribution in [0.25, 0.3) is 4.96 Å². The van der Waals surface area contributed by atoms with E-state index in [4.69, 9.17) is 4.74 Å². The van der Waals surface area contributed by atoms with Crippen molar-refractivity contribution in [2.75, 3.05) is 19.8 Å². The fourth-order valence-electron chi connectivity index (χ4n) is 3.65. The first-order valence-corrected chi connectivity index (χ1v) is 8.55. The molecule has 1 aliphatic carbocycles. The molecule has 2 aliphatic rings. The average Bonchev–Trinajstić information content (AvgIpc) is 3.13. The fourth-order valence-corrected chi connectivity index (χ4v) is 4.39. The van der Waals surface area contributed by atoms with Crippen LogP contribution in [0, 0.1) is 5.92 Å². The highest BCUT2D eigenvalue weighted by atomic mass is 32.1. The van der Waals surface area contributed by atoms with Gasteiger partial charge in [0.05, 0.1) is 18.4 Å². The van der Waals surface area contributed by atoms with Crippen LogP contribution in [0.2, 0.25) is 0 Å². The zero-order chi connectivity index (χ0) is 15.1. The lowest BCUT2D eigenvalue weighted by Gasteiger charge is -2.37. The largest absolute Gasteiger partial charge is 0.396 e. The predicted octanol–water partition coefficient (Wildman–Crippen LogP) is 0.728. The molecule has 0 unspecified atom stereocenters. The zero-order valence-corrected chi connectivity index (χ0v) is 13.0. The summed E-state index contributed by atoms with van der Waals surface area (Å²) in [5.74, 6) is 0.328. The Balaban J connectivity index is 1.57. The first-order chi connectivity index (χ1) is 10.7. The highest BCUT2D eigenvalue weighted by Crippen LogP contribution is 2.34. The molecular weight excluding hydrogens is 302 g/mol. The number of hydrogen-bond donors (Lipinski definition) is 1. The molecule has 0 spiro atoms. The third kappa shape index (κ3) is 2.48. The summed E-state index contributed by atoms with van der Waals surface area (Å²) >= 11 is 1.48. The Morgan fingerprint density at radius 2 is 2.36 bits per heavy atom. The maximum Gasteiger partial charge on any atom is 0.258 e. The van der Waals surface area contributed by atoms with Gasteiger partial charge in [-0.15, -0.1) is 11.3 Å². The van der Waals surface area contributed by atoms with Gasteiger partial charge in [-0.1, -0.05) is 0 Å². The van der Waals surface area contributed by atoms with Crippen molar-refractivity contribution in [2.24, 2.45) is 5.92 Å². The van der Waals surface area contributed by atoms with Crippen molar-refractivity contribution < 1.29 is 9.84 Å². The lowest BCUT2D eigenvalue weighted by molar-refractivity contribution is -0.0594. The lowest BCUT2D eigenvalue weighted by Crippen LogP contribution is -2.48. The predicted molar refractivity (Wildman–Crippen MR) is 83.1 cm³/mol. The second-order valence-corrected chi connectivity index (χ2v) is 6.98. The molecule has 1 saturated heterocycles. The number of aromatic nitrogens is 2. The van der Waals surface area contributed by atoms with Gasteiger partial charge in [0.15, 0.2) is 4.96 Å². The summed E-state index contributed by atoms with van der Waals surface area (Å²) in [5, 5.41) is 11.3. The summed E-state index contributed by atoms with van der Waals surface area (Å²) in [6.45, 7) is 2.46. The Bertz CT molecular complexity index is 728. The molecule has 2 aromatic heterocycles. The number of aliphatic hydroxyl groups excluding tert-OH is 1. The molecule has 1 aliphatic heterocycles. The van der Waals surface area contributed by atoms with E-state index in [1.165, 1.54) is 11.3 Å². The van der Waals surface area contributed by atoms with Crippen LogP contribution in [-0.2, 0) is 11.3 Å². The van der Waals surface area contributed by atoms with Crippen LogP contribution in [0.5, 0.6) is 0 Å². The van der Waals surface area contributed by atoms with Crippen LogP contribution in [0.4, 0.5) is 0 Å². The van der Waals surface area contributed by atoms with Crippen molar-refractivity contribution in [1.29, 1.82) is 0 Å². The van der Waals surface area contributed by atoms with Gasteiger partial charge in [0.2, 0.25) is 0 Å². The summed E-state index contributed by atoms with van der Waals surface area (Å²) in [5.41, 5.74) is 0.797. The topological polar surface area (TPSA) is 67.1 Å². The van der Waals surface area contributed by atoms with Gasteiger partial charge in [0.25, 0.3) is 5.56 Å². The van der Waals surface area contributed by atoms with Gasteiger partial charge < -0.3 is 9.84 Å². The highest BCUT2D eigenvalue weighted by Gasteiger charge is 2.40. The molecule has 118 valence electrons. The molecule has 3 heterocycles. The van der Waals surface area contributed by atoms with Crippen LogP contribution >= 0.6 is 11.3 Å². The van der Waals surface area contributed by atoms with Crippen molar-refractivity contribution in [3.63, 3.8) is 0 Å². The van der Waals surface area contributed by atoms with E-state index in [0.717, 1.165) is 30.0 Å². The van der Waals surface area contributed by atoms with E-state index in [2.05, 4.69) is 9.88 Å². The standard InChI is InChI=1S/C15H19N3O3S/c19-9-10-5-12-13(6-10)21-3-1-17(12)8-11-7-14(20)18-2-4-22-15(18)16-11/h2,4,7,10,12-13,19H,1,3,5-6,8-9H2/t10-,12+,13+/m1/s1. The molecule has 6 nitrogen and oxygen atoms in total. The van der Waals surface area contributed by atoms with Gasteiger partial charge in [0.1, 0.15) is 0 Å². The van der Waals surface area contributed by atoms with E-state index in [1.54, 1.807) is 16.7 Å². The number of fused-ring (bicyclic) bond motifs is 2. The summed E-state index contributed by atoms with van der Waals surface area (Å²) in [6, 6.07) is 1.96. The second kappa shape index (κ2) is 5.73. The summed E-state index contributed by atoms with van der Waals surface area (Å²) in [6.07, 6.45) is 3.85. The zero-order valence-electron chi connectivity index (χ0n) is 12.2. The van der Waals surface area contributed by atoms with Gasteiger partial charge in [-0.05, 0) is 18.8 Å². The van der Waals surface area contributed by atoms with E-state index in [0.29, 0.717) is 25.1 Å². The molecule has 22 heavy (non-hydrogen) atoms. The Morgan fingerprint density at radius 1 is 1.45 bits per heavy atom. The Morgan fingerprint density at radius 3 is 3.23 bits per heavy atom. The van der Waals surface area contributed by atoms with Crippen LogP contribution in [0.1, 0.15) is 18.5 Å². The van der Waals surface area contributed by atoms with E-state index in [1.807, 2.05) is 5.38 Å². The molecule has 0 radical (unpaired) electrons. The lowest BCUT2D eigenvalue weighted by atomic mass is 10.1. The molecule has 0 bridgehead atoms. The summed E-state index contributed by atoms with van der Waals surface area (Å²) < 4.78 is 7.42. The van der Waals surface area contributed by atoms with E-state index in [-0.39, 0.29) is 18.3 Å². The first-order valence-electron chi connectivity index (χ1n) is 7.67. The molecule has 0 amide bonds. The smallest absolute Gasteiger partial charge is 0.258 e. The number of morpholine rings is 1. The SMILES string of the molecule is O=c1cc(CN2CCO[C@H]3C[C@H](CO)C[C@@H]32)nc2sccn12. The average molecular weight is 321 g/mol. The number of aliphatic hydroxyl groups is 1. The maximum absolute atomic E-state index is 12.1. The highest BCUT2D eigenvalue weighted by molar-refractivity contribution is 7.15. The van der Waals surface area contributed by atoms with Crippen molar-refractivity contribution in [1.82, 2.24) is 14.3 Å². The van der Waals surface area contributed by atoms with Crippen LogP contribution in [-0.4, -0.2) is 51.3 Å². The minimum atomic E-state index is -0.0225. The van der Waals surface area contributed by atoms with Gasteiger partial charge >= 0.3 is 0 Å². The van der Waals surface area contributed by atoms with Crippen molar-refractivity contribution >= 4 is 16.3 Å². The van der Waals surface area contributed by atoms with Gasteiger partial charge in [0, 0.05) is 43.4 Å². The molecular formula is C15H19N3O3S. The van der Waals surface area contributed by atoms with Gasteiger partial charge in [-0.25, -0.2) is 4.98 Å². The monoisotopic (exact) mass is 321 g/mol. The molecule has 4 rings (SSSR count). The fraction of sp³-hybridized carbons (Fsp3) is 0.600. The van der Waals surface area contributed by atoms with Crippen LogP contribution < -0.4 is 5.56 Å². The second-order valence-electron chi connectivity index (χ2n) is 6.11. The molecule has 3 atom stereocenters. The third-order valence-corrected chi connectivity index (χ3v) is 5.49. The van der Waals surface area contributed by atoms with E-state index < -0.39 is 0 Å². The van der Waals surface area contributed by atoms with Crippen LogP contribution in [0.15, 0.2) is 22.4 Å². The molecule has 1 saturated carbocycles. The summed E-state index contributed by atoms with van der Waals surface area (Å²) in [4.78, 5) is 19.8. The van der Waals surface area contributed by atoms with E-state index >= 15 is 0 Å². The Hall–Kier alpha value is -1.28. The Kier molecular flexibility index (Phi) is 3.73. The van der Waals surface area contributed by atoms with Crippen molar-refractivity contribution in [3.8, 4) is 0 Å². The minimum Gasteiger partial charge on any atom is -0.396 e.